The maximum absolute atomic E-state index is 10.4. The van der Waals surface area contributed by atoms with Gasteiger partial charge in [0.05, 0.1) is 0 Å². The Labute approximate surface area is 181 Å². The van der Waals surface area contributed by atoms with E-state index in [-0.39, 0.29) is 31.0 Å². The van der Waals surface area contributed by atoms with Gasteiger partial charge in [-0.3, -0.25) is 4.79 Å². The van der Waals surface area contributed by atoms with Gasteiger partial charge in [-0.05, 0) is 32.1 Å². The molecule has 0 rings (SSSR count). The summed E-state index contributed by atoms with van der Waals surface area (Å²) in [7, 11) is 0. The fourth-order valence-electron chi connectivity index (χ4n) is 3.05. The first-order chi connectivity index (χ1) is 11.8. The zero-order valence-electron chi connectivity index (χ0n) is 18.2. The van der Waals surface area contributed by atoms with E-state index in [4.69, 9.17) is 5.11 Å². The molecule has 0 saturated heterocycles. The SMILES string of the molecule is CCCCCCCCCC/C=C\CCCCCCCCCC(=O)O.[H-].[Na+]. The predicted octanol–water partition coefficient (Wildman–Crippen LogP) is 4.79. The van der Waals surface area contributed by atoms with Gasteiger partial charge in [-0.15, -0.1) is 0 Å². The van der Waals surface area contributed by atoms with Crippen LogP contribution in [0.2, 0.25) is 0 Å². The summed E-state index contributed by atoms with van der Waals surface area (Å²) < 4.78 is 0. The molecule has 25 heavy (non-hydrogen) atoms. The number of carboxylic acid groups (broad SMARTS) is 1. The molecule has 0 aliphatic rings. The summed E-state index contributed by atoms with van der Waals surface area (Å²) in [5.41, 5.74) is 0. The second-order valence-corrected chi connectivity index (χ2v) is 7.14. The first-order valence-corrected chi connectivity index (χ1v) is 10.6. The number of allylic oxidation sites excluding steroid dienone is 2. The standard InChI is InChI=1S/C22H42O2.Na.H/c1-2-3-4-5-6-7-8-9-10-11-12-13-14-15-16-17-18-19-20-21-22(23)24;;/h11-12H,2-10,13-21H2,1H3,(H,23,24);;/q;+1;-1/b12-11-;;. The predicted molar refractivity (Wildman–Crippen MR) is 107 cm³/mol. The van der Waals surface area contributed by atoms with Gasteiger partial charge in [0.15, 0.2) is 0 Å². The summed E-state index contributed by atoms with van der Waals surface area (Å²) in [5.74, 6) is -0.659. The van der Waals surface area contributed by atoms with Crippen molar-refractivity contribution in [1.29, 1.82) is 0 Å². The molecule has 0 aromatic rings. The van der Waals surface area contributed by atoms with Crippen LogP contribution in [0.15, 0.2) is 12.2 Å². The molecule has 1 N–H and O–H groups in total. The second-order valence-electron chi connectivity index (χ2n) is 7.14. The number of carbonyl (C=O) groups is 1. The van der Waals surface area contributed by atoms with Gasteiger partial charge < -0.3 is 6.53 Å². The summed E-state index contributed by atoms with van der Waals surface area (Å²) >= 11 is 0. The molecule has 0 unspecified atom stereocenters. The number of carboxylic acids is 1. The van der Waals surface area contributed by atoms with Gasteiger partial charge in [0.25, 0.3) is 0 Å². The number of rotatable bonds is 19. The van der Waals surface area contributed by atoms with Crippen LogP contribution in [0.4, 0.5) is 0 Å². The van der Waals surface area contributed by atoms with Crippen LogP contribution in [0.3, 0.4) is 0 Å². The molecule has 3 heteroatoms. The minimum atomic E-state index is -0.659. The van der Waals surface area contributed by atoms with Gasteiger partial charge in [0.2, 0.25) is 0 Å². The van der Waals surface area contributed by atoms with E-state index in [0.29, 0.717) is 6.42 Å². The Bertz CT molecular complexity index is 296. The van der Waals surface area contributed by atoms with E-state index >= 15 is 0 Å². The molecule has 0 aliphatic heterocycles. The third-order valence-corrected chi connectivity index (χ3v) is 4.65. The van der Waals surface area contributed by atoms with Crippen molar-refractivity contribution in [2.75, 3.05) is 0 Å². The zero-order valence-corrected chi connectivity index (χ0v) is 19.2. The summed E-state index contributed by atoms with van der Waals surface area (Å²) in [5, 5.41) is 8.55. The van der Waals surface area contributed by atoms with Gasteiger partial charge >= 0.3 is 35.5 Å². The zero-order chi connectivity index (χ0) is 17.7. The van der Waals surface area contributed by atoms with Crippen molar-refractivity contribution in [1.82, 2.24) is 0 Å². The molecule has 0 bridgehead atoms. The van der Waals surface area contributed by atoms with Crippen molar-refractivity contribution in [2.45, 2.75) is 122 Å². The Kier molecular flexibility index (Phi) is 26.6. The summed E-state index contributed by atoms with van der Waals surface area (Å²) in [6, 6.07) is 0. The van der Waals surface area contributed by atoms with Gasteiger partial charge in [0, 0.05) is 6.42 Å². The molecule has 0 atom stereocenters. The number of hydrogen-bond acceptors (Lipinski definition) is 1. The van der Waals surface area contributed by atoms with Crippen LogP contribution < -0.4 is 29.6 Å². The number of aliphatic carboxylic acids is 1. The molecule has 0 radical (unpaired) electrons. The molecule has 0 aliphatic carbocycles. The normalized spacial score (nSPS) is 10.9. The molecule has 0 aromatic heterocycles. The molecule has 0 heterocycles. The average molecular weight is 363 g/mol. The van der Waals surface area contributed by atoms with E-state index < -0.39 is 5.97 Å². The van der Waals surface area contributed by atoms with Crippen LogP contribution >= 0.6 is 0 Å². The number of hydrogen-bond donors (Lipinski definition) is 1. The summed E-state index contributed by atoms with van der Waals surface area (Å²) in [6.07, 6.45) is 27.1. The number of unbranched alkanes of at least 4 members (excludes halogenated alkanes) is 15. The van der Waals surface area contributed by atoms with Gasteiger partial charge in [-0.1, -0.05) is 96.1 Å². The van der Waals surface area contributed by atoms with Gasteiger partial charge in [0.1, 0.15) is 0 Å². The molecule has 0 spiro atoms. The molecular weight excluding hydrogens is 319 g/mol. The maximum atomic E-state index is 10.4. The second kappa shape index (κ2) is 24.2. The monoisotopic (exact) mass is 362 g/mol. The van der Waals surface area contributed by atoms with Crippen LogP contribution in [0.25, 0.3) is 0 Å². The van der Waals surface area contributed by atoms with Crippen molar-refractivity contribution < 1.29 is 40.9 Å². The molecule has 0 saturated carbocycles. The Morgan fingerprint density at radius 3 is 1.44 bits per heavy atom. The third kappa shape index (κ3) is 26.5. The van der Waals surface area contributed by atoms with Crippen molar-refractivity contribution in [3.8, 4) is 0 Å². The van der Waals surface area contributed by atoms with Gasteiger partial charge in [-0.2, -0.15) is 0 Å². The fraction of sp³-hybridized carbons (Fsp3) is 0.864. The van der Waals surface area contributed by atoms with Crippen LogP contribution in [-0.2, 0) is 4.79 Å². The summed E-state index contributed by atoms with van der Waals surface area (Å²) in [6.45, 7) is 2.28. The first-order valence-electron chi connectivity index (χ1n) is 10.6. The molecule has 0 amide bonds. The van der Waals surface area contributed by atoms with E-state index in [0.717, 1.165) is 12.8 Å². The van der Waals surface area contributed by atoms with Crippen LogP contribution in [0.5, 0.6) is 0 Å². The van der Waals surface area contributed by atoms with E-state index in [1.807, 2.05) is 0 Å². The van der Waals surface area contributed by atoms with Crippen molar-refractivity contribution in [2.24, 2.45) is 0 Å². The Hall–Kier alpha value is 0.210. The molecular formula is C22H43NaO2. The Morgan fingerprint density at radius 2 is 1.04 bits per heavy atom. The Balaban J connectivity index is -0.00000264. The molecule has 0 aromatic carbocycles. The fourth-order valence-corrected chi connectivity index (χ4v) is 3.05. The van der Waals surface area contributed by atoms with Crippen LogP contribution in [0.1, 0.15) is 124 Å². The van der Waals surface area contributed by atoms with Crippen molar-refractivity contribution in [3.05, 3.63) is 12.2 Å². The first kappa shape index (κ1) is 27.4. The Morgan fingerprint density at radius 1 is 0.680 bits per heavy atom. The van der Waals surface area contributed by atoms with E-state index in [2.05, 4.69) is 19.1 Å². The quantitative estimate of drug-likeness (QED) is 0.204. The third-order valence-electron chi connectivity index (χ3n) is 4.65. The molecule has 2 nitrogen and oxygen atoms in total. The van der Waals surface area contributed by atoms with Crippen LogP contribution in [0, 0.1) is 0 Å². The van der Waals surface area contributed by atoms with Crippen LogP contribution in [-0.4, -0.2) is 11.1 Å². The van der Waals surface area contributed by atoms with E-state index in [1.165, 1.54) is 96.3 Å². The topological polar surface area (TPSA) is 37.3 Å². The van der Waals surface area contributed by atoms with Gasteiger partial charge in [-0.25, -0.2) is 0 Å². The largest absolute Gasteiger partial charge is 1.00 e. The van der Waals surface area contributed by atoms with Crippen molar-refractivity contribution in [3.63, 3.8) is 0 Å². The molecule has 144 valence electrons. The maximum Gasteiger partial charge on any atom is 1.00 e. The minimum absolute atomic E-state index is 0. The smallest absolute Gasteiger partial charge is 1.00 e. The average Bonchev–Trinajstić information content (AvgIpc) is 2.56. The van der Waals surface area contributed by atoms with Crippen molar-refractivity contribution >= 4 is 5.97 Å². The van der Waals surface area contributed by atoms with E-state index in [1.54, 1.807) is 0 Å². The van der Waals surface area contributed by atoms with E-state index in [9.17, 15) is 4.79 Å². The summed E-state index contributed by atoms with van der Waals surface area (Å²) in [4.78, 5) is 10.4. The minimum Gasteiger partial charge on any atom is -1.00 e. The molecule has 0 fully saturated rings.